The molecule has 6 nitrogen and oxygen atoms in total. The SMILES string of the molecule is O=C(NCC1(C(=O)O)CC1)N1CCCCC1CO. The van der Waals surface area contributed by atoms with Crippen LogP contribution in [0.4, 0.5) is 4.79 Å². The molecule has 0 bridgehead atoms. The van der Waals surface area contributed by atoms with Crippen molar-refractivity contribution in [3.05, 3.63) is 0 Å². The number of aliphatic hydroxyl groups excluding tert-OH is 1. The van der Waals surface area contributed by atoms with Crippen LogP contribution >= 0.6 is 0 Å². The zero-order valence-electron chi connectivity index (χ0n) is 10.4. The quantitative estimate of drug-likeness (QED) is 0.679. The van der Waals surface area contributed by atoms with Crippen molar-refractivity contribution in [3.63, 3.8) is 0 Å². The number of amides is 2. The van der Waals surface area contributed by atoms with Crippen LogP contribution in [0.15, 0.2) is 0 Å². The van der Waals surface area contributed by atoms with Crippen LogP contribution < -0.4 is 5.32 Å². The predicted molar refractivity (Wildman–Crippen MR) is 64.1 cm³/mol. The molecule has 2 aliphatic rings. The summed E-state index contributed by atoms with van der Waals surface area (Å²) in [5, 5.41) is 20.9. The van der Waals surface area contributed by atoms with Crippen molar-refractivity contribution >= 4 is 12.0 Å². The molecule has 1 aliphatic heterocycles. The van der Waals surface area contributed by atoms with Gasteiger partial charge in [-0.2, -0.15) is 0 Å². The highest BCUT2D eigenvalue weighted by Crippen LogP contribution is 2.45. The van der Waals surface area contributed by atoms with E-state index in [1.165, 1.54) is 0 Å². The fourth-order valence-electron chi connectivity index (χ4n) is 2.42. The molecule has 0 aromatic carbocycles. The predicted octanol–water partition coefficient (Wildman–Crippen LogP) is 0.408. The van der Waals surface area contributed by atoms with Gasteiger partial charge >= 0.3 is 12.0 Å². The number of aliphatic carboxylic acids is 1. The molecule has 0 spiro atoms. The number of nitrogens with zero attached hydrogens (tertiary/aromatic N) is 1. The van der Waals surface area contributed by atoms with Crippen molar-refractivity contribution in [3.8, 4) is 0 Å². The van der Waals surface area contributed by atoms with Crippen LogP contribution in [-0.2, 0) is 4.79 Å². The Labute approximate surface area is 106 Å². The Hall–Kier alpha value is -1.30. The molecule has 1 saturated carbocycles. The normalized spacial score (nSPS) is 25.6. The van der Waals surface area contributed by atoms with E-state index >= 15 is 0 Å². The van der Waals surface area contributed by atoms with Crippen LogP contribution in [0, 0.1) is 5.41 Å². The lowest BCUT2D eigenvalue weighted by Gasteiger charge is -2.34. The molecule has 1 saturated heterocycles. The van der Waals surface area contributed by atoms with Crippen LogP contribution in [0.25, 0.3) is 0 Å². The van der Waals surface area contributed by atoms with Crippen LogP contribution in [0.5, 0.6) is 0 Å². The van der Waals surface area contributed by atoms with E-state index in [4.69, 9.17) is 5.11 Å². The number of nitrogens with one attached hydrogen (secondary N) is 1. The van der Waals surface area contributed by atoms with Crippen LogP contribution in [0.2, 0.25) is 0 Å². The van der Waals surface area contributed by atoms with Crippen molar-refractivity contribution in [1.29, 1.82) is 0 Å². The highest BCUT2D eigenvalue weighted by molar-refractivity contribution is 5.80. The first-order chi connectivity index (χ1) is 8.59. The molecule has 0 aromatic rings. The summed E-state index contributed by atoms with van der Waals surface area (Å²) in [5.41, 5.74) is -0.736. The lowest BCUT2D eigenvalue weighted by atomic mass is 10.0. The zero-order chi connectivity index (χ0) is 13.2. The van der Waals surface area contributed by atoms with Gasteiger partial charge in [-0.25, -0.2) is 4.79 Å². The first-order valence-electron chi connectivity index (χ1n) is 6.48. The molecule has 2 rings (SSSR count). The zero-order valence-corrected chi connectivity index (χ0v) is 10.4. The summed E-state index contributed by atoms with van der Waals surface area (Å²) < 4.78 is 0. The molecule has 1 atom stereocenters. The third-order valence-corrected chi connectivity index (χ3v) is 3.98. The third-order valence-electron chi connectivity index (χ3n) is 3.98. The molecular weight excluding hydrogens is 236 g/mol. The van der Waals surface area contributed by atoms with Crippen LogP contribution in [0.3, 0.4) is 0 Å². The molecule has 102 valence electrons. The van der Waals surface area contributed by atoms with Crippen molar-refractivity contribution in [2.45, 2.75) is 38.1 Å². The Morgan fingerprint density at radius 3 is 2.61 bits per heavy atom. The summed E-state index contributed by atoms with van der Waals surface area (Å²) in [6.07, 6.45) is 4.04. The summed E-state index contributed by atoms with van der Waals surface area (Å²) >= 11 is 0. The molecular formula is C12H20N2O4. The monoisotopic (exact) mass is 256 g/mol. The Bertz CT molecular complexity index is 341. The van der Waals surface area contributed by atoms with E-state index in [2.05, 4.69) is 5.32 Å². The van der Waals surface area contributed by atoms with E-state index in [-0.39, 0.29) is 25.2 Å². The van der Waals surface area contributed by atoms with Gasteiger partial charge in [0.25, 0.3) is 0 Å². The van der Waals surface area contributed by atoms with Gasteiger partial charge in [0.05, 0.1) is 18.1 Å². The third kappa shape index (κ3) is 2.58. The number of piperidine rings is 1. The van der Waals surface area contributed by atoms with Crippen molar-refractivity contribution in [2.75, 3.05) is 19.7 Å². The molecule has 3 N–H and O–H groups in total. The lowest BCUT2D eigenvalue weighted by Crippen LogP contribution is -2.51. The molecule has 1 unspecified atom stereocenters. The van der Waals surface area contributed by atoms with Crippen molar-refractivity contribution < 1.29 is 19.8 Å². The van der Waals surface area contributed by atoms with E-state index in [1.54, 1.807) is 4.90 Å². The minimum Gasteiger partial charge on any atom is -0.481 e. The minimum atomic E-state index is -0.833. The Balaban J connectivity index is 1.85. The van der Waals surface area contributed by atoms with Gasteiger partial charge in [-0.05, 0) is 32.1 Å². The van der Waals surface area contributed by atoms with Gasteiger partial charge in [0.15, 0.2) is 0 Å². The van der Waals surface area contributed by atoms with E-state index in [1.807, 2.05) is 0 Å². The van der Waals surface area contributed by atoms with E-state index in [0.717, 1.165) is 19.3 Å². The summed E-state index contributed by atoms with van der Waals surface area (Å²) in [6, 6.07) is -0.375. The maximum atomic E-state index is 12.0. The van der Waals surface area contributed by atoms with Gasteiger partial charge in [0.2, 0.25) is 0 Å². The van der Waals surface area contributed by atoms with E-state index in [9.17, 15) is 14.7 Å². The molecule has 0 radical (unpaired) electrons. The maximum absolute atomic E-state index is 12.0. The number of hydrogen-bond donors (Lipinski definition) is 3. The summed E-state index contributed by atoms with van der Waals surface area (Å²) in [7, 11) is 0. The van der Waals surface area contributed by atoms with Crippen LogP contribution in [0.1, 0.15) is 32.1 Å². The average molecular weight is 256 g/mol. The summed E-state index contributed by atoms with van der Waals surface area (Å²) in [5.74, 6) is -0.833. The van der Waals surface area contributed by atoms with Gasteiger partial charge in [-0.1, -0.05) is 0 Å². The number of hydrogen-bond acceptors (Lipinski definition) is 3. The van der Waals surface area contributed by atoms with Gasteiger partial charge < -0.3 is 20.4 Å². The maximum Gasteiger partial charge on any atom is 0.317 e. The van der Waals surface area contributed by atoms with Gasteiger partial charge in [0, 0.05) is 13.1 Å². The lowest BCUT2D eigenvalue weighted by molar-refractivity contribution is -0.143. The second kappa shape index (κ2) is 5.14. The first kappa shape index (κ1) is 13.1. The van der Waals surface area contributed by atoms with E-state index < -0.39 is 11.4 Å². The smallest absolute Gasteiger partial charge is 0.317 e. The molecule has 18 heavy (non-hydrogen) atoms. The second-order valence-electron chi connectivity index (χ2n) is 5.27. The van der Waals surface area contributed by atoms with Crippen molar-refractivity contribution in [2.24, 2.45) is 5.41 Å². The second-order valence-corrected chi connectivity index (χ2v) is 5.27. The Morgan fingerprint density at radius 2 is 2.06 bits per heavy atom. The number of aliphatic hydroxyl groups is 1. The number of carboxylic acids is 1. The topological polar surface area (TPSA) is 89.9 Å². The standard InChI is InChI=1S/C12H20N2O4/c15-7-9-3-1-2-6-14(9)11(18)13-8-12(4-5-12)10(16)17/h9,15H,1-8H2,(H,13,18)(H,16,17). The van der Waals surface area contributed by atoms with E-state index in [0.29, 0.717) is 19.4 Å². The number of likely N-dealkylation sites (tertiary alicyclic amines) is 1. The summed E-state index contributed by atoms with van der Waals surface area (Å²) in [4.78, 5) is 24.6. The van der Waals surface area contributed by atoms with Crippen LogP contribution in [-0.4, -0.2) is 52.9 Å². The number of carbonyl (C=O) groups is 2. The number of urea groups is 1. The molecule has 1 heterocycles. The first-order valence-corrected chi connectivity index (χ1v) is 6.48. The molecule has 1 aliphatic carbocycles. The molecule has 0 aromatic heterocycles. The van der Waals surface area contributed by atoms with Crippen molar-refractivity contribution in [1.82, 2.24) is 10.2 Å². The largest absolute Gasteiger partial charge is 0.481 e. The summed E-state index contributed by atoms with van der Waals surface area (Å²) in [6.45, 7) is 0.796. The Morgan fingerprint density at radius 1 is 1.33 bits per heavy atom. The van der Waals surface area contributed by atoms with Gasteiger partial charge in [0.1, 0.15) is 0 Å². The number of carbonyl (C=O) groups excluding carboxylic acids is 1. The van der Waals surface area contributed by atoms with Gasteiger partial charge in [-0.3, -0.25) is 4.79 Å². The number of rotatable bonds is 4. The molecule has 2 fully saturated rings. The fraction of sp³-hybridized carbons (Fsp3) is 0.833. The molecule has 6 heteroatoms. The molecule has 2 amide bonds. The fourth-order valence-corrected chi connectivity index (χ4v) is 2.42. The highest BCUT2D eigenvalue weighted by Gasteiger charge is 2.50. The highest BCUT2D eigenvalue weighted by atomic mass is 16.4. The van der Waals surface area contributed by atoms with Gasteiger partial charge in [-0.15, -0.1) is 0 Å². The number of carboxylic acid groups (broad SMARTS) is 1. The minimum absolute atomic E-state index is 0.0303. The Kier molecular flexibility index (Phi) is 3.75. The average Bonchev–Trinajstić information content (AvgIpc) is 3.17.